The average molecular weight is 424 g/mol. The van der Waals surface area contributed by atoms with Gasteiger partial charge < -0.3 is 5.32 Å². The number of hydrogen-bond donors (Lipinski definition) is 1. The molecule has 0 radical (unpaired) electrons. The highest BCUT2D eigenvalue weighted by atomic mass is 35.5. The first-order valence-corrected chi connectivity index (χ1v) is 7.74. The van der Waals surface area contributed by atoms with E-state index in [9.17, 15) is 17.6 Å². The Morgan fingerprint density at radius 1 is 1.28 bits per heavy atom. The Hall–Kier alpha value is -0.530. The maximum absolute atomic E-state index is 14.5. The molecule has 1 aromatic rings. The van der Waals surface area contributed by atoms with Crippen LogP contribution >= 0.6 is 36.4 Å². The summed E-state index contributed by atoms with van der Waals surface area (Å²) in [5, 5.41) is 2.84. The SMILES string of the molecule is C=C(C)C[C@H](c1c(C(F)(F)F)ccc(Cl)c1F)N1CCNCC1.Cl.Cl. The van der Waals surface area contributed by atoms with Crippen LogP contribution in [0, 0.1) is 5.82 Å². The van der Waals surface area contributed by atoms with Crippen LogP contribution in [0.2, 0.25) is 5.02 Å². The summed E-state index contributed by atoms with van der Waals surface area (Å²) in [7, 11) is 0. The van der Waals surface area contributed by atoms with Gasteiger partial charge in [0.1, 0.15) is 5.82 Å². The van der Waals surface area contributed by atoms with E-state index in [1.807, 2.05) is 4.90 Å². The predicted molar refractivity (Wildman–Crippen MR) is 97.5 cm³/mol. The first kappa shape index (κ1) is 24.5. The molecule has 0 unspecified atom stereocenters. The molecule has 1 heterocycles. The number of rotatable bonds is 4. The van der Waals surface area contributed by atoms with Crippen molar-refractivity contribution in [3.63, 3.8) is 0 Å². The molecule has 1 saturated heterocycles. The van der Waals surface area contributed by atoms with E-state index in [2.05, 4.69) is 11.9 Å². The second kappa shape index (κ2) is 9.97. The Bertz CT molecular complexity index is 587. The van der Waals surface area contributed by atoms with Crippen molar-refractivity contribution in [1.82, 2.24) is 10.2 Å². The van der Waals surface area contributed by atoms with Crippen LogP contribution in [-0.4, -0.2) is 31.1 Å². The lowest BCUT2D eigenvalue weighted by atomic mass is 9.92. The second-order valence-corrected chi connectivity index (χ2v) is 6.19. The number of nitrogens with one attached hydrogen (secondary N) is 1. The Balaban J connectivity index is 0.00000288. The van der Waals surface area contributed by atoms with Gasteiger partial charge in [-0.1, -0.05) is 17.2 Å². The topological polar surface area (TPSA) is 15.3 Å². The van der Waals surface area contributed by atoms with Gasteiger partial charge in [0, 0.05) is 37.8 Å². The van der Waals surface area contributed by atoms with Crippen LogP contribution in [0.25, 0.3) is 0 Å². The van der Waals surface area contributed by atoms with Crippen molar-refractivity contribution in [2.24, 2.45) is 0 Å². The van der Waals surface area contributed by atoms with Gasteiger partial charge in [-0.25, -0.2) is 4.39 Å². The minimum absolute atomic E-state index is 0. The molecule has 2 nitrogen and oxygen atoms in total. The van der Waals surface area contributed by atoms with Crippen molar-refractivity contribution >= 4 is 36.4 Å². The van der Waals surface area contributed by atoms with E-state index < -0.39 is 23.6 Å². The first-order valence-electron chi connectivity index (χ1n) is 7.36. The standard InChI is InChI=1S/C16H19ClF4N2.2ClH/c1-10(2)9-13(23-7-5-22-6-8-23)14-11(16(19,20)21)3-4-12(17)15(14)18;;/h3-4,13,22H,1,5-9H2,2H3;2*1H/t13-;;/m1../s1. The van der Waals surface area contributed by atoms with Gasteiger partial charge in [-0.05, 0) is 25.5 Å². The largest absolute Gasteiger partial charge is 0.416 e. The quantitative estimate of drug-likeness (QED) is 0.525. The number of hydrogen-bond acceptors (Lipinski definition) is 2. The molecule has 144 valence electrons. The number of alkyl halides is 3. The van der Waals surface area contributed by atoms with E-state index in [0.717, 1.165) is 12.1 Å². The minimum Gasteiger partial charge on any atom is -0.314 e. The highest BCUT2D eigenvalue weighted by molar-refractivity contribution is 6.30. The summed E-state index contributed by atoms with van der Waals surface area (Å²) in [6, 6.07) is 1.08. The van der Waals surface area contributed by atoms with Crippen LogP contribution in [0.15, 0.2) is 24.3 Å². The average Bonchev–Trinajstić information content (AvgIpc) is 2.47. The van der Waals surface area contributed by atoms with Crippen LogP contribution in [0.4, 0.5) is 17.6 Å². The molecule has 9 heteroatoms. The Morgan fingerprint density at radius 2 is 1.84 bits per heavy atom. The molecule has 1 aliphatic heterocycles. The minimum atomic E-state index is -4.64. The molecular weight excluding hydrogens is 403 g/mol. The molecule has 1 fully saturated rings. The molecule has 1 aliphatic rings. The van der Waals surface area contributed by atoms with Crippen LogP contribution in [0.3, 0.4) is 0 Å². The molecule has 0 aliphatic carbocycles. The van der Waals surface area contributed by atoms with Gasteiger partial charge in [-0.2, -0.15) is 13.2 Å². The lowest BCUT2D eigenvalue weighted by Gasteiger charge is -2.36. The van der Waals surface area contributed by atoms with Crippen molar-refractivity contribution in [3.8, 4) is 0 Å². The van der Waals surface area contributed by atoms with Crippen molar-refractivity contribution in [3.05, 3.63) is 46.3 Å². The zero-order valence-corrected chi connectivity index (χ0v) is 16.0. The summed E-state index contributed by atoms with van der Waals surface area (Å²) in [5.41, 5.74) is -0.653. The fraction of sp³-hybridized carbons (Fsp3) is 0.500. The van der Waals surface area contributed by atoms with Crippen molar-refractivity contribution < 1.29 is 17.6 Å². The van der Waals surface area contributed by atoms with E-state index in [1.165, 1.54) is 0 Å². The molecular formula is C16H21Cl3F4N2. The molecule has 0 bridgehead atoms. The lowest BCUT2D eigenvalue weighted by Crippen LogP contribution is -2.45. The van der Waals surface area contributed by atoms with Gasteiger partial charge in [0.25, 0.3) is 0 Å². The van der Waals surface area contributed by atoms with E-state index in [1.54, 1.807) is 6.92 Å². The summed E-state index contributed by atoms with van der Waals surface area (Å²) >= 11 is 5.76. The fourth-order valence-corrected chi connectivity index (χ4v) is 3.04. The molecule has 1 atom stereocenters. The third-order valence-corrected chi connectivity index (χ3v) is 4.20. The van der Waals surface area contributed by atoms with E-state index in [0.29, 0.717) is 31.8 Å². The zero-order chi connectivity index (χ0) is 17.2. The molecule has 1 aromatic carbocycles. The second-order valence-electron chi connectivity index (χ2n) is 5.78. The highest BCUT2D eigenvalue weighted by Crippen LogP contribution is 2.41. The maximum atomic E-state index is 14.5. The smallest absolute Gasteiger partial charge is 0.314 e. The number of piperazine rings is 1. The van der Waals surface area contributed by atoms with Crippen LogP contribution in [-0.2, 0) is 6.18 Å². The van der Waals surface area contributed by atoms with Crippen LogP contribution < -0.4 is 5.32 Å². The van der Waals surface area contributed by atoms with Gasteiger partial charge in [0.2, 0.25) is 0 Å². The maximum Gasteiger partial charge on any atom is 0.416 e. The summed E-state index contributed by atoms with van der Waals surface area (Å²) in [6.07, 6.45) is -4.39. The number of benzene rings is 1. The Labute approximate surface area is 162 Å². The van der Waals surface area contributed by atoms with Gasteiger partial charge in [0.15, 0.2) is 0 Å². The van der Waals surface area contributed by atoms with E-state index >= 15 is 0 Å². The summed E-state index contributed by atoms with van der Waals surface area (Å²) < 4.78 is 54.6. The monoisotopic (exact) mass is 422 g/mol. The fourth-order valence-electron chi connectivity index (χ4n) is 2.88. The summed E-state index contributed by atoms with van der Waals surface area (Å²) in [5.74, 6) is -0.994. The van der Waals surface area contributed by atoms with Crippen molar-refractivity contribution in [2.45, 2.75) is 25.6 Å². The van der Waals surface area contributed by atoms with Gasteiger partial charge in [-0.15, -0.1) is 31.4 Å². The van der Waals surface area contributed by atoms with Crippen LogP contribution in [0.5, 0.6) is 0 Å². The molecule has 0 saturated carbocycles. The number of halogens is 7. The molecule has 1 N–H and O–H groups in total. The van der Waals surface area contributed by atoms with Gasteiger partial charge >= 0.3 is 6.18 Å². The first-order chi connectivity index (χ1) is 10.7. The molecule has 0 spiro atoms. The zero-order valence-electron chi connectivity index (χ0n) is 13.6. The molecule has 2 rings (SSSR count). The summed E-state index contributed by atoms with van der Waals surface area (Å²) in [4.78, 5) is 1.86. The Morgan fingerprint density at radius 3 is 2.32 bits per heavy atom. The molecule has 25 heavy (non-hydrogen) atoms. The Kier molecular flexibility index (Phi) is 9.76. The number of nitrogens with zero attached hydrogens (tertiary/aromatic N) is 1. The lowest BCUT2D eigenvalue weighted by molar-refractivity contribution is -0.139. The van der Waals surface area contributed by atoms with Gasteiger partial charge in [0.05, 0.1) is 10.6 Å². The third-order valence-electron chi connectivity index (χ3n) is 3.91. The van der Waals surface area contributed by atoms with Crippen molar-refractivity contribution in [2.75, 3.05) is 26.2 Å². The molecule has 0 amide bonds. The third kappa shape index (κ3) is 6.00. The predicted octanol–water partition coefficient (Wildman–Crippen LogP) is 5.25. The van der Waals surface area contributed by atoms with E-state index in [4.69, 9.17) is 11.6 Å². The normalized spacial score (nSPS) is 16.6. The highest BCUT2D eigenvalue weighted by Gasteiger charge is 2.39. The van der Waals surface area contributed by atoms with Gasteiger partial charge in [-0.3, -0.25) is 4.90 Å². The summed E-state index contributed by atoms with van der Waals surface area (Å²) in [6.45, 7) is 7.89. The van der Waals surface area contributed by atoms with Crippen LogP contribution in [0.1, 0.15) is 30.5 Å². The molecule has 0 aromatic heterocycles. The van der Waals surface area contributed by atoms with Crippen molar-refractivity contribution in [1.29, 1.82) is 0 Å². The van der Waals surface area contributed by atoms with E-state index in [-0.39, 0.29) is 41.8 Å².